The van der Waals surface area contributed by atoms with Crippen LogP contribution in [-0.2, 0) is 6.18 Å². The van der Waals surface area contributed by atoms with Crippen LogP contribution in [0.2, 0.25) is 0 Å². The summed E-state index contributed by atoms with van der Waals surface area (Å²) in [6.07, 6.45) is -4.41. The molecule has 2 aromatic carbocycles. The van der Waals surface area contributed by atoms with Crippen molar-refractivity contribution in [3.05, 3.63) is 64.1 Å². The van der Waals surface area contributed by atoms with Gasteiger partial charge in [-0.15, -0.1) is 0 Å². The summed E-state index contributed by atoms with van der Waals surface area (Å²) in [6, 6.07) is 11.3. The fraction of sp³-hybridized carbons (Fsp3) is 0.188. The summed E-state index contributed by atoms with van der Waals surface area (Å²) >= 11 is 3.31. The lowest BCUT2D eigenvalue weighted by atomic mass is 10.1. The van der Waals surface area contributed by atoms with E-state index in [2.05, 4.69) is 21.2 Å². The molecular formula is C16H13BrF3NO2. The van der Waals surface area contributed by atoms with Crippen molar-refractivity contribution < 1.29 is 22.7 Å². The van der Waals surface area contributed by atoms with Gasteiger partial charge in [0.25, 0.3) is 5.91 Å². The van der Waals surface area contributed by atoms with Gasteiger partial charge in [0.15, 0.2) is 0 Å². The van der Waals surface area contributed by atoms with Crippen LogP contribution in [0.3, 0.4) is 0 Å². The molecule has 0 aliphatic rings. The molecule has 2 rings (SSSR count). The molecule has 0 bridgehead atoms. The molecule has 1 N–H and O–H groups in total. The molecule has 0 unspecified atom stereocenters. The number of carbonyl (C=O) groups excluding carboxylic acids is 1. The van der Waals surface area contributed by atoms with Gasteiger partial charge in [-0.2, -0.15) is 13.2 Å². The van der Waals surface area contributed by atoms with Gasteiger partial charge in [-0.3, -0.25) is 4.79 Å². The predicted octanol–water partition coefficient (Wildman–Crippen LogP) is 4.28. The van der Waals surface area contributed by atoms with Gasteiger partial charge in [-0.05, 0) is 48.5 Å². The van der Waals surface area contributed by atoms with Gasteiger partial charge in [0, 0.05) is 10.0 Å². The standard InChI is InChI=1S/C16H13BrF3NO2/c17-13-5-7-14(8-6-13)23-10-9-21-15(22)11-1-3-12(4-2-11)16(18,19)20/h1-8H,9-10H2,(H,21,22). The number of nitrogens with one attached hydrogen (secondary N) is 1. The highest BCUT2D eigenvalue weighted by Gasteiger charge is 2.30. The zero-order valence-corrected chi connectivity index (χ0v) is 13.4. The minimum atomic E-state index is -4.41. The van der Waals surface area contributed by atoms with Gasteiger partial charge in [0.2, 0.25) is 0 Å². The Morgan fingerprint density at radius 3 is 2.22 bits per heavy atom. The van der Waals surface area contributed by atoms with E-state index in [0.717, 1.165) is 28.7 Å². The zero-order valence-electron chi connectivity index (χ0n) is 11.9. The molecule has 23 heavy (non-hydrogen) atoms. The number of alkyl halides is 3. The van der Waals surface area contributed by atoms with E-state index in [1.165, 1.54) is 0 Å². The summed E-state index contributed by atoms with van der Waals surface area (Å²) in [5.74, 6) is 0.218. The van der Waals surface area contributed by atoms with E-state index in [1.807, 2.05) is 12.1 Å². The van der Waals surface area contributed by atoms with Crippen LogP contribution in [0.15, 0.2) is 53.0 Å². The molecular weight excluding hydrogens is 375 g/mol. The molecule has 3 nitrogen and oxygen atoms in total. The third-order valence-corrected chi connectivity index (χ3v) is 3.47. The molecule has 2 aromatic rings. The number of carbonyl (C=O) groups is 1. The maximum absolute atomic E-state index is 12.4. The van der Waals surface area contributed by atoms with Crippen LogP contribution in [0.1, 0.15) is 15.9 Å². The Morgan fingerprint density at radius 2 is 1.65 bits per heavy atom. The largest absolute Gasteiger partial charge is 0.492 e. The van der Waals surface area contributed by atoms with Gasteiger partial charge in [0.1, 0.15) is 12.4 Å². The monoisotopic (exact) mass is 387 g/mol. The number of ether oxygens (including phenoxy) is 1. The van der Waals surface area contributed by atoms with Crippen molar-refractivity contribution in [1.29, 1.82) is 0 Å². The number of hydrogen-bond donors (Lipinski definition) is 1. The van der Waals surface area contributed by atoms with Crippen molar-refractivity contribution in [2.24, 2.45) is 0 Å². The van der Waals surface area contributed by atoms with Gasteiger partial charge in [-0.1, -0.05) is 15.9 Å². The van der Waals surface area contributed by atoms with Crippen LogP contribution in [-0.4, -0.2) is 19.1 Å². The van der Waals surface area contributed by atoms with Crippen molar-refractivity contribution in [2.45, 2.75) is 6.18 Å². The molecule has 0 fully saturated rings. The lowest BCUT2D eigenvalue weighted by Gasteiger charge is -2.09. The first-order chi connectivity index (χ1) is 10.9. The maximum Gasteiger partial charge on any atom is 0.416 e. The molecule has 122 valence electrons. The van der Waals surface area contributed by atoms with E-state index in [4.69, 9.17) is 4.74 Å². The minimum absolute atomic E-state index is 0.168. The second-order valence-electron chi connectivity index (χ2n) is 4.63. The lowest BCUT2D eigenvalue weighted by molar-refractivity contribution is -0.137. The lowest BCUT2D eigenvalue weighted by Crippen LogP contribution is -2.28. The summed E-state index contributed by atoms with van der Waals surface area (Å²) < 4.78 is 43.7. The molecule has 1 amide bonds. The average molecular weight is 388 g/mol. The third-order valence-electron chi connectivity index (χ3n) is 2.94. The van der Waals surface area contributed by atoms with E-state index in [9.17, 15) is 18.0 Å². The number of halogens is 4. The van der Waals surface area contributed by atoms with Crippen LogP contribution in [0.25, 0.3) is 0 Å². The second kappa shape index (κ2) is 7.50. The van der Waals surface area contributed by atoms with Gasteiger partial charge >= 0.3 is 6.18 Å². The van der Waals surface area contributed by atoms with Crippen molar-refractivity contribution in [3.8, 4) is 5.75 Å². The number of hydrogen-bond acceptors (Lipinski definition) is 2. The molecule has 7 heteroatoms. The fourth-order valence-electron chi connectivity index (χ4n) is 1.78. The Labute approximate surface area is 139 Å². The highest BCUT2D eigenvalue weighted by atomic mass is 79.9. The minimum Gasteiger partial charge on any atom is -0.492 e. The highest BCUT2D eigenvalue weighted by Crippen LogP contribution is 2.29. The predicted molar refractivity (Wildman–Crippen MR) is 83.4 cm³/mol. The summed E-state index contributed by atoms with van der Waals surface area (Å²) in [7, 11) is 0. The van der Waals surface area contributed by atoms with E-state index in [0.29, 0.717) is 5.75 Å². The molecule has 0 aliphatic heterocycles. The summed E-state index contributed by atoms with van der Waals surface area (Å²) in [6.45, 7) is 0.504. The Morgan fingerprint density at radius 1 is 1.04 bits per heavy atom. The Hall–Kier alpha value is -2.02. The second-order valence-corrected chi connectivity index (χ2v) is 5.55. The molecule has 0 radical (unpaired) electrons. The summed E-state index contributed by atoms with van der Waals surface area (Å²) in [5.41, 5.74) is -0.616. The topological polar surface area (TPSA) is 38.3 Å². The Balaban J connectivity index is 1.79. The summed E-state index contributed by atoms with van der Waals surface area (Å²) in [5, 5.41) is 2.58. The molecule has 0 spiro atoms. The summed E-state index contributed by atoms with van der Waals surface area (Å²) in [4.78, 5) is 11.8. The number of benzene rings is 2. The van der Waals surface area contributed by atoms with E-state index < -0.39 is 17.6 Å². The normalized spacial score (nSPS) is 11.1. The first kappa shape index (κ1) is 17.3. The quantitative estimate of drug-likeness (QED) is 0.777. The number of amides is 1. The number of rotatable bonds is 5. The van der Waals surface area contributed by atoms with E-state index in [-0.39, 0.29) is 18.7 Å². The van der Waals surface area contributed by atoms with Gasteiger partial charge in [-0.25, -0.2) is 0 Å². The molecule has 0 saturated heterocycles. The molecule has 0 atom stereocenters. The smallest absolute Gasteiger partial charge is 0.416 e. The van der Waals surface area contributed by atoms with Gasteiger partial charge < -0.3 is 10.1 Å². The van der Waals surface area contributed by atoms with E-state index >= 15 is 0 Å². The van der Waals surface area contributed by atoms with Crippen LogP contribution < -0.4 is 10.1 Å². The van der Waals surface area contributed by atoms with Crippen LogP contribution in [0.4, 0.5) is 13.2 Å². The van der Waals surface area contributed by atoms with Gasteiger partial charge in [0.05, 0.1) is 12.1 Å². The molecule has 0 saturated carbocycles. The van der Waals surface area contributed by atoms with Crippen LogP contribution in [0.5, 0.6) is 5.75 Å². The SMILES string of the molecule is O=C(NCCOc1ccc(Br)cc1)c1ccc(C(F)(F)F)cc1. The maximum atomic E-state index is 12.4. The molecule has 0 aliphatic carbocycles. The van der Waals surface area contributed by atoms with E-state index in [1.54, 1.807) is 12.1 Å². The zero-order chi connectivity index (χ0) is 16.9. The Bertz CT molecular complexity index is 655. The van der Waals surface area contributed by atoms with Crippen molar-refractivity contribution in [2.75, 3.05) is 13.2 Å². The van der Waals surface area contributed by atoms with Crippen molar-refractivity contribution in [3.63, 3.8) is 0 Å². The van der Waals surface area contributed by atoms with Crippen LogP contribution >= 0.6 is 15.9 Å². The van der Waals surface area contributed by atoms with Crippen molar-refractivity contribution >= 4 is 21.8 Å². The van der Waals surface area contributed by atoms with Crippen LogP contribution in [0, 0.1) is 0 Å². The highest BCUT2D eigenvalue weighted by molar-refractivity contribution is 9.10. The molecule has 0 aromatic heterocycles. The first-order valence-electron chi connectivity index (χ1n) is 6.70. The Kier molecular flexibility index (Phi) is 5.65. The molecule has 0 heterocycles. The fourth-order valence-corrected chi connectivity index (χ4v) is 2.04. The third kappa shape index (κ3) is 5.28. The average Bonchev–Trinajstić information content (AvgIpc) is 2.52. The first-order valence-corrected chi connectivity index (χ1v) is 7.49. The van der Waals surface area contributed by atoms with Crippen molar-refractivity contribution in [1.82, 2.24) is 5.32 Å².